The van der Waals surface area contributed by atoms with E-state index in [9.17, 15) is 13.2 Å². The Morgan fingerprint density at radius 2 is 1.66 bits per heavy atom. The Bertz CT molecular complexity index is 1020. The highest BCUT2D eigenvalue weighted by Crippen LogP contribution is 2.42. The van der Waals surface area contributed by atoms with Crippen LogP contribution in [0.25, 0.3) is 0 Å². The second kappa shape index (κ2) is 7.76. The van der Waals surface area contributed by atoms with Gasteiger partial charge in [0.15, 0.2) is 15.6 Å². The predicted molar refractivity (Wildman–Crippen MR) is 113 cm³/mol. The number of nitrogens with zero attached hydrogens (tertiary/aromatic N) is 2. The third kappa shape index (κ3) is 3.74. The van der Waals surface area contributed by atoms with Gasteiger partial charge in [-0.05, 0) is 30.5 Å². The first kappa shape index (κ1) is 19.9. The monoisotopic (exact) mass is 410 g/mol. The van der Waals surface area contributed by atoms with Crippen molar-refractivity contribution in [3.63, 3.8) is 0 Å². The molecular weight excluding hydrogens is 384 g/mol. The molecule has 3 unspecified atom stereocenters. The quantitative estimate of drug-likeness (QED) is 0.710. The Hall–Kier alpha value is -2.44. The molecule has 0 aliphatic carbocycles. The summed E-state index contributed by atoms with van der Waals surface area (Å²) in [6.07, 6.45) is 2.65. The summed E-state index contributed by atoms with van der Waals surface area (Å²) in [5.74, 6) is 0.0524. The summed E-state index contributed by atoms with van der Waals surface area (Å²) in [5.41, 5.74) is 1.81. The average Bonchev–Trinajstić information content (AvgIpc) is 2.99. The number of hydrogen-bond acceptors (Lipinski definition) is 5. The molecule has 152 valence electrons. The minimum atomic E-state index is -3.53. The number of ketones is 1. The first-order valence-electron chi connectivity index (χ1n) is 9.88. The van der Waals surface area contributed by atoms with Crippen LogP contribution in [-0.2, 0) is 21.2 Å². The van der Waals surface area contributed by atoms with Crippen LogP contribution in [0.3, 0.4) is 0 Å². The number of fused-ring (bicyclic) bond motifs is 2. The second-order valence-electron chi connectivity index (χ2n) is 8.06. The molecule has 0 saturated carbocycles. The number of carbonyl (C=O) groups excluding carboxylic acids is 1. The molecule has 4 rings (SSSR count). The topological polar surface area (TPSA) is 57.7 Å². The molecule has 2 aromatic rings. The van der Waals surface area contributed by atoms with Crippen molar-refractivity contribution in [2.45, 2.75) is 41.6 Å². The summed E-state index contributed by atoms with van der Waals surface area (Å²) in [6, 6.07) is 17.9. The van der Waals surface area contributed by atoms with Crippen molar-refractivity contribution < 1.29 is 13.2 Å². The number of benzene rings is 2. The summed E-state index contributed by atoms with van der Waals surface area (Å²) in [7, 11) is 0.243. The van der Waals surface area contributed by atoms with Crippen LogP contribution in [0.15, 0.2) is 77.3 Å². The van der Waals surface area contributed by atoms with Crippen LogP contribution in [-0.4, -0.2) is 55.4 Å². The third-order valence-corrected chi connectivity index (χ3v) is 8.08. The third-order valence-electron chi connectivity index (χ3n) is 5.85. The van der Waals surface area contributed by atoms with E-state index in [1.807, 2.05) is 61.6 Å². The normalized spacial score (nSPS) is 26.1. The van der Waals surface area contributed by atoms with Crippen LogP contribution in [0.2, 0.25) is 0 Å². The Morgan fingerprint density at radius 3 is 2.28 bits per heavy atom. The summed E-state index contributed by atoms with van der Waals surface area (Å²) in [4.78, 5) is 17.5. The van der Waals surface area contributed by atoms with E-state index in [0.29, 0.717) is 24.3 Å². The van der Waals surface area contributed by atoms with Crippen molar-refractivity contribution in [2.75, 3.05) is 14.1 Å². The van der Waals surface area contributed by atoms with Crippen molar-refractivity contribution in [3.8, 4) is 0 Å². The van der Waals surface area contributed by atoms with E-state index in [0.717, 1.165) is 11.1 Å². The lowest BCUT2D eigenvalue weighted by Gasteiger charge is -2.36. The fraction of sp³-hybridized carbons (Fsp3) is 0.348. The Balaban J connectivity index is 1.72. The standard InChI is InChI=1S/C23H26N2O3S/c1-24(2)16-18-13-20-22(29(27,28)19-11-7-4-8-12-19)14-21(23(18)26)25(20)15-17-9-5-3-6-10-17/h3-12,16,20-22H,13-15H2,1-2H3. The lowest BCUT2D eigenvalue weighted by Crippen LogP contribution is -2.48. The van der Waals surface area contributed by atoms with Gasteiger partial charge in [0.25, 0.3) is 0 Å². The fourth-order valence-electron chi connectivity index (χ4n) is 4.57. The van der Waals surface area contributed by atoms with Gasteiger partial charge in [0.2, 0.25) is 0 Å². The molecule has 2 heterocycles. The first-order chi connectivity index (χ1) is 13.9. The van der Waals surface area contributed by atoms with E-state index in [-0.39, 0.29) is 11.8 Å². The Labute approximate surface area is 172 Å². The van der Waals surface area contributed by atoms with E-state index < -0.39 is 21.1 Å². The van der Waals surface area contributed by atoms with Gasteiger partial charge in [0, 0.05) is 38.5 Å². The molecule has 2 fully saturated rings. The highest BCUT2D eigenvalue weighted by molar-refractivity contribution is 7.92. The van der Waals surface area contributed by atoms with Crippen molar-refractivity contribution >= 4 is 15.6 Å². The van der Waals surface area contributed by atoms with E-state index in [1.54, 1.807) is 24.3 Å². The number of sulfone groups is 1. The summed E-state index contributed by atoms with van der Waals surface area (Å²) < 4.78 is 26.9. The van der Waals surface area contributed by atoms with E-state index in [2.05, 4.69) is 4.90 Å². The number of hydrogen-bond donors (Lipinski definition) is 0. The number of Topliss-reactive ketones (excluding diaryl/α,β-unsaturated/α-hetero) is 1. The van der Waals surface area contributed by atoms with Crippen LogP contribution in [0, 0.1) is 0 Å². The minimum absolute atomic E-state index is 0.0524. The van der Waals surface area contributed by atoms with Gasteiger partial charge in [0.05, 0.1) is 16.2 Å². The zero-order valence-electron chi connectivity index (χ0n) is 16.7. The molecule has 2 bridgehead atoms. The maximum Gasteiger partial charge on any atom is 0.182 e. The van der Waals surface area contributed by atoms with Gasteiger partial charge in [-0.1, -0.05) is 48.5 Å². The predicted octanol–water partition coefficient (Wildman–Crippen LogP) is 2.89. The molecule has 0 amide bonds. The summed E-state index contributed by atoms with van der Waals surface area (Å²) in [5, 5.41) is -0.587. The zero-order valence-corrected chi connectivity index (χ0v) is 17.5. The molecule has 29 heavy (non-hydrogen) atoms. The molecule has 2 aliphatic heterocycles. The lowest BCUT2D eigenvalue weighted by atomic mass is 9.95. The highest BCUT2D eigenvalue weighted by Gasteiger charge is 2.54. The van der Waals surface area contributed by atoms with Crippen LogP contribution in [0.5, 0.6) is 0 Å². The lowest BCUT2D eigenvalue weighted by molar-refractivity contribution is -0.122. The molecular formula is C23H26N2O3S. The molecule has 6 heteroatoms. The van der Waals surface area contributed by atoms with Gasteiger partial charge < -0.3 is 4.90 Å². The smallest absolute Gasteiger partial charge is 0.182 e. The van der Waals surface area contributed by atoms with Gasteiger partial charge >= 0.3 is 0 Å². The molecule has 2 saturated heterocycles. The molecule has 0 aromatic heterocycles. The van der Waals surface area contributed by atoms with Gasteiger partial charge in [-0.2, -0.15) is 0 Å². The summed E-state index contributed by atoms with van der Waals surface area (Å²) in [6.45, 7) is 0.581. The SMILES string of the molecule is CN(C)C=C1CC2C(S(=O)(=O)c3ccccc3)CC(C1=O)N2Cc1ccccc1. The number of piperidine rings is 1. The molecule has 2 aliphatic rings. The molecule has 5 nitrogen and oxygen atoms in total. The molecule has 0 radical (unpaired) electrons. The highest BCUT2D eigenvalue weighted by atomic mass is 32.2. The largest absolute Gasteiger partial charge is 0.383 e. The van der Waals surface area contributed by atoms with Crippen LogP contribution >= 0.6 is 0 Å². The number of carbonyl (C=O) groups is 1. The zero-order chi connectivity index (χ0) is 20.6. The van der Waals surface area contributed by atoms with E-state index in [1.165, 1.54) is 0 Å². The molecule has 3 atom stereocenters. The maximum atomic E-state index is 13.4. The van der Waals surface area contributed by atoms with Crippen LogP contribution < -0.4 is 0 Å². The molecule has 2 aromatic carbocycles. The van der Waals surface area contributed by atoms with Crippen molar-refractivity contribution in [3.05, 3.63) is 78.0 Å². The average molecular weight is 411 g/mol. The van der Waals surface area contributed by atoms with Gasteiger partial charge in [-0.3, -0.25) is 9.69 Å². The molecule has 0 spiro atoms. The fourth-order valence-corrected chi connectivity index (χ4v) is 6.56. The van der Waals surface area contributed by atoms with E-state index in [4.69, 9.17) is 0 Å². The Morgan fingerprint density at radius 1 is 1.03 bits per heavy atom. The van der Waals surface area contributed by atoms with Crippen molar-refractivity contribution in [1.82, 2.24) is 9.80 Å². The minimum Gasteiger partial charge on any atom is -0.383 e. The van der Waals surface area contributed by atoms with Gasteiger partial charge in [-0.25, -0.2) is 8.42 Å². The van der Waals surface area contributed by atoms with Gasteiger partial charge in [0.1, 0.15) is 0 Å². The second-order valence-corrected chi connectivity index (χ2v) is 10.2. The Kier molecular flexibility index (Phi) is 5.32. The van der Waals surface area contributed by atoms with Crippen molar-refractivity contribution in [1.29, 1.82) is 0 Å². The van der Waals surface area contributed by atoms with Crippen molar-refractivity contribution in [2.24, 2.45) is 0 Å². The summed E-state index contributed by atoms with van der Waals surface area (Å²) >= 11 is 0. The number of rotatable bonds is 5. The van der Waals surface area contributed by atoms with Crippen LogP contribution in [0.1, 0.15) is 18.4 Å². The maximum absolute atomic E-state index is 13.4. The molecule has 0 N–H and O–H groups in total. The first-order valence-corrected chi connectivity index (χ1v) is 11.4. The van der Waals surface area contributed by atoms with Crippen LogP contribution in [0.4, 0.5) is 0 Å². The van der Waals surface area contributed by atoms with Gasteiger partial charge in [-0.15, -0.1) is 0 Å². The van der Waals surface area contributed by atoms with E-state index >= 15 is 0 Å².